The van der Waals surface area contributed by atoms with Gasteiger partial charge in [-0.05, 0) is 19.1 Å². The van der Waals surface area contributed by atoms with Crippen LogP contribution in [0.3, 0.4) is 0 Å². The molecule has 96 valence electrons. The highest BCUT2D eigenvalue weighted by Gasteiger charge is 2.09. The van der Waals surface area contributed by atoms with E-state index in [4.69, 9.17) is 9.84 Å². The molecule has 0 saturated heterocycles. The Bertz CT molecular complexity index is 470. The molecule has 1 aromatic rings. The zero-order valence-corrected chi connectivity index (χ0v) is 10.8. The second-order valence-electron chi connectivity index (χ2n) is 3.64. The standard InChI is InChI=1S/C11H17NO4S/c1-3-17(14,15)7-6-16-11-5-4-9(2)12-10(11)8-13/h4-5,13H,3,6-8H2,1-2H3. The fourth-order valence-electron chi connectivity index (χ4n) is 1.27. The molecule has 1 heterocycles. The molecular weight excluding hydrogens is 242 g/mol. The Morgan fingerprint density at radius 1 is 1.41 bits per heavy atom. The number of aliphatic hydroxyl groups is 1. The summed E-state index contributed by atoms with van der Waals surface area (Å²) in [6, 6.07) is 3.44. The largest absolute Gasteiger partial charge is 0.491 e. The predicted molar refractivity (Wildman–Crippen MR) is 64.7 cm³/mol. The highest BCUT2D eigenvalue weighted by Crippen LogP contribution is 2.16. The number of rotatable bonds is 6. The zero-order chi connectivity index (χ0) is 12.9. The minimum absolute atomic E-state index is 0.0256. The molecule has 0 aliphatic heterocycles. The Hall–Kier alpha value is -1.14. The second-order valence-corrected chi connectivity index (χ2v) is 6.11. The number of pyridine rings is 1. The number of aliphatic hydroxyl groups excluding tert-OH is 1. The lowest BCUT2D eigenvalue weighted by atomic mass is 10.3. The normalized spacial score (nSPS) is 11.5. The molecule has 0 radical (unpaired) electrons. The molecule has 1 rings (SSSR count). The van der Waals surface area contributed by atoms with Crippen LogP contribution in [-0.4, -0.2) is 36.6 Å². The Morgan fingerprint density at radius 3 is 2.71 bits per heavy atom. The topological polar surface area (TPSA) is 76.5 Å². The van der Waals surface area contributed by atoms with Crippen molar-refractivity contribution in [2.45, 2.75) is 20.5 Å². The summed E-state index contributed by atoms with van der Waals surface area (Å²) < 4.78 is 27.8. The Kier molecular flexibility index (Phi) is 4.89. The van der Waals surface area contributed by atoms with Crippen molar-refractivity contribution < 1.29 is 18.3 Å². The first kappa shape index (κ1) is 13.9. The molecule has 1 N–H and O–H groups in total. The van der Waals surface area contributed by atoms with Crippen molar-refractivity contribution in [3.63, 3.8) is 0 Å². The fraction of sp³-hybridized carbons (Fsp3) is 0.545. The van der Waals surface area contributed by atoms with Gasteiger partial charge in [0.1, 0.15) is 18.1 Å². The molecule has 0 atom stereocenters. The van der Waals surface area contributed by atoms with E-state index in [0.29, 0.717) is 11.4 Å². The molecule has 0 aliphatic rings. The van der Waals surface area contributed by atoms with Crippen LogP contribution in [0.4, 0.5) is 0 Å². The summed E-state index contributed by atoms with van der Waals surface area (Å²) in [5, 5.41) is 9.09. The van der Waals surface area contributed by atoms with Crippen LogP contribution in [0.25, 0.3) is 0 Å². The van der Waals surface area contributed by atoms with Crippen molar-refractivity contribution in [3.8, 4) is 5.75 Å². The lowest BCUT2D eigenvalue weighted by Gasteiger charge is -2.09. The van der Waals surface area contributed by atoms with Crippen LogP contribution in [0.2, 0.25) is 0 Å². The number of nitrogens with zero attached hydrogens (tertiary/aromatic N) is 1. The van der Waals surface area contributed by atoms with E-state index >= 15 is 0 Å². The average Bonchev–Trinajstić information content (AvgIpc) is 2.30. The van der Waals surface area contributed by atoms with Gasteiger partial charge in [0.2, 0.25) is 0 Å². The molecule has 0 aliphatic carbocycles. The highest BCUT2D eigenvalue weighted by atomic mass is 32.2. The van der Waals surface area contributed by atoms with Gasteiger partial charge in [0.25, 0.3) is 0 Å². The molecule has 5 nitrogen and oxygen atoms in total. The Balaban J connectivity index is 2.64. The summed E-state index contributed by atoms with van der Waals surface area (Å²) in [7, 11) is -3.03. The van der Waals surface area contributed by atoms with Crippen LogP contribution in [0, 0.1) is 6.92 Å². The third kappa shape index (κ3) is 4.32. The minimum Gasteiger partial charge on any atom is -0.491 e. The van der Waals surface area contributed by atoms with Crippen molar-refractivity contribution in [1.82, 2.24) is 4.98 Å². The summed E-state index contributed by atoms with van der Waals surface area (Å²) in [6.07, 6.45) is 0. The Morgan fingerprint density at radius 2 is 2.12 bits per heavy atom. The summed E-state index contributed by atoms with van der Waals surface area (Å²) >= 11 is 0. The van der Waals surface area contributed by atoms with Crippen LogP contribution in [0.1, 0.15) is 18.3 Å². The molecule has 1 aromatic heterocycles. The lowest BCUT2D eigenvalue weighted by Crippen LogP contribution is -2.16. The number of aryl methyl sites for hydroxylation is 1. The molecule has 0 aromatic carbocycles. The van der Waals surface area contributed by atoms with E-state index in [9.17, 15) is 8.42 Å². The van der Waals surface area contributed by atoms with E-state index in [1.165, 1.54) is 0 Å². The van der Waals surface area contributed by atoms with Gasteiger partial charge >= 0.3 is 0 Å². The monoisotopic (exact) mass is 259 g/mol. The summed E-state index contributed by atoms with van der Waals surface area (Å²) in [5.41, 5.74) is 1.21. The summed E-state index contributed by atoms with van der Waals surface area (Å²) in [5.74, 6) is 0.516. The van der Waals surface area contributed by atoms with Gasteiger partial charge in [0, 0.05) is 11.4 Å². The molecular formula is C11H17NO4S. The first-order valence-electron chi connectivity index (χ1n) is 5.39. The second kappa shape index (κ2) is 5.97. The zero-order valence-electron chi connectivity index (χ0n) is 10.0. The van der Waals surface area contributed by atoms with Crippen LogP contribution < -0.4 is 4.74 Å². The molecule has 0 unspecified atom stereocenters. The molecule has 17 heavy (non-hydrogen) atoms. The van der Waals surface area contributed by atoms with E-state index < -0.39 is 9.84 Å². The highest BCUT2D eigenvalue weighted by molar-refractivity contribution is 7.91. The van der Waals surface area contributed by atoms with Gasteiger partial charge in [0.05, 0.1) is 12.4 Å². The molecule has 0 spiro atoms. The number of hydrogen-bond acceptors (Lipinski definition) is 5. The first-order chi connectivity index (χ1) is 7.98. The molecule has 0 bridgehead atoms. The lowest BCUT2D eigenvalue weighted by molar-refractivity contribution is 0.261. The van der Waals surface area contributed by atoms with Gasteiger partial charge in [-0.1, -0.05) is 6.92 Å². The molecule has 0 saturated carbocycles. The van der Waals surface area contributed by atoms with Gasteiger partial charge in [-0.15, -0.1) is 0 Å². The van der Waals surface area contributed by atoms with E-state index in [2.05, 4.69) is 4.98 Å². The predicted octanol–water partition coefficient (Wildman–Crippen LogP) is 0.696. The molecule has 0 fully saturated rings. The third-order valence-electron chi connectivity index (χ3n) is 2.31. The van der Waals surface area contributed by atoms with Gasteiger partial charge in [0.15, 0.2) is 9.84 Å². The molecule has 6 heteroatoms. The third-order valence-corrected chi connectivity index (χ3v) is 3.98. The number of aromatic nitrogens is 1. The fourth-order valence-corrected chi connectivity index (χ4v) is 1.89. The summed E-state index contributed by atoms with van der Waals surface area (Å²) in [4.78, 5) is 4.10. The van der Waals surface area contributed by atoms with Crippen molar-refractivity contribution in [3.05, 3.63) is 23.5 Å². The van der Waals surface area contributed by atoms with Gasteiger partial charge < -0.3 is 9.84 Å². The quantitative estimate of drug-likeness (QED) is 0.813. The van der Waals surface area contributed by atoms with Gasteiger partial charge in [-0.2, -0.15) is 0 Å². The van der Waals surface area contributed by atoms with Crippen molar-refractivity contribution >= 4 is 9.84 Å². The SMILES string of the molecule is CCS(=O)(=O)CCOc1ccc(C)nc1CO. The average molecular weight is 259 g/mol. The van der Waals surface area contributed by atoms with E-state index in [0.717, 1.165) is 5.69 Å². The van der Waals surface area contributed by atoms with Gasteiger partial charge in [-0.3, -0.25) is 4.98 Å². The van der Waals surface area contributed by atoms with Crippen LogP contribution in [0.15, 0.2) is 12.1 Å². The van der Waals surface area contributed by atoms with Crippen molar-refractivity contribution in [2.24, 2.45) is 0 Å². The molecule has 0 amide bonds. The van der Waals surface area contributed by atoms with Crippen LogP contribution in [-0.2, 0) is 16.4 Å². The van der Waals surface area contributed by atoms with Crippen molar-refractivity contribution in [1.29, 1.82) is 0 Å². The number of sulfone groups is 1. The van der Waals surface area contributed by atoms with Crippen molar-refractivity contribution in [2.75, 3.05) is 18.1 Å². The number of ether oxygens (including phenoxy) is 1. The maximum atomic E-state index is 11.3. The van der Waals surface area contributed by atoms with E-state index in [-0.39, 0.29) is 24.7 Å². The minimum atomic E-state index is -3.03. The Labute approximate surface area is 101 Å². The summed E-state index contributed by atoms with van der Waals surface area (Å²) in [6.45, 7) is 3.26. The van der Waals surface area contributed by atoms with Crippen LogP contribution >= 0.6 is 0 Å². The number of hydrogen-bond donors (Lipinski definition) is 1. The first-order valence-corrected chi connectivity index (χ1v) is 7.21. The maximum absolute atomic E-state index is 11.3. The maximum Gasteiger partial charge on any atom is 0.153 e. The van der Waals surface area contributed by atoms with Gasteiger partial charge in [-0.25, -0.2) is 8.42 Å². The van der Waals surface area contributed by atoms with Crippen LogP contribution in [0.5, 0.6) is 5.75 Å². The smallest absolute Gasteiger partial charge is 0.153 e. The van der Waals surface area contributed by atoms with E-state index in [1.54, 1.807) is 19.1 Å². The van der Waals surface area contributed by atoms with E-state index in [1.807, 2.05) is 6.92 Å².